The standard InChI is InChI=1S/C29H33NO6/c1-6-16(2)36-29(33)26-17(3)30-22-13-20(19-9-12-24(34-4)25(15-19)35-5)14-23(32)28(22)27(26)18-7-10-21(31)11-8-18/h7-12,15-16,20,27,30-31H,6,13-14H2,1-5H3/t16-,20-,27+/m0/s1. The number of carbonyl (C=O) groups excluding carboxylic acids is 2. The van der Waals surface area contributed by atoms with Crippen LogP contribution in [0.15, 0.2) is 65.0 Å². The van der Waals surface area contributed by atoms with E-state index in [-0.39, 0.29) is 23.6 Å². The second kappa shape index (κ2) is 10.5. The number of hydrogen-bond acceptors (Lipinski definition) is 7. The van der Waals surface area contributed by atoms with Gasteiger partial charge in [0.2, 0.25) is 0 Å². The van der Waals surface area contributed by atoms with E-state index in [1.54, 1.807) is 38.5 Å². The molecule has 4 rings (SSSR count). The number of carbonyl (C=O) groups is 2. The molecule has 7 heteroatoms. The highest BCUT2D eigenvalue weighted by molar-refractivity contribution is 6.04. The van der Waals surface area contributed by atoms with Crippen molar-refractivity contribution in [1.29, 1.82) is 0 Å². The Balaban J connectivity index is 1.76. The number of ketones is 1. The van der Waals surface area contributed by atoms with Crippen molar-refractivity contribution in [3.05, 3.63) is 76.1 Å². The van der Waals surface area contributed by atoms with Crippen molar-refractivity contribution >= 4 is 11.8 Å². The molecule has 0 saturated heterocycles. The fraction of sp³-hybridized carbons (Fsp3) is 0.379. The molecule has 1 heterocycles. The van der Waals surface area contributed by atoms with Gasteiger partial charge < -0.3 is 24.6 Å². The summed E-state index contributed by atoms with van der Waals surface area (Å²) < 4.78 is 16.5. The largest absolute Gasteiger partial charge is 0.508 e. The molecule has 1 aliphatic heterocycles. The van der Waals surface area contributed by atoms with Crippen LogP contribution >= 0.6 is 0 Å². The summed E-state index contributed by atoms with van der Waals surface area (Å²) in [4.78, 5) is 27.0. The molecule has 0 bridgehead atoms. The van der Waals surface area contributed by atoms with Gasteiger partial charge >= 0.3 is 5.97 Å². The summed E-state index contributed by atoms with van der Waals surface area (Å²) in [6.45, 7) is 5.65. The smallest absolute Gasteiger partial charge is 0.337 e. The zero-order chi connectivity index (χ0) is 26.0. The summed E-state index contributed by atoms with van der Waals surface area (Å²) in [6.07, 6.45) is 1.35. The lowest BCUT2D eigenvalue weighted by Crippen LogP contribution is -2.36. The summed E-state index contributed by atoms with van der Waals surface area (Å²) in [5.74, 6) is 0.288. The minimum absolute atomic E-state index is 0.0250. The van der Waals surface area contributed by atoms with Gasteiger partial charge in [-0.05, 0) is 68.0 Å². The van der Waals surface area contributed by atoms with Crippen LogP contribution in [0.2, 0.25) is 0 Å². The summed E-state index contributed by atoms with van der Waals surface area (Å²) in [7, 11) is 3.18. The van der Waals surface area contributed by atoms with Gasteiger partial charge in [-0.2, -0.15) is 0 Å². The molecule has 7 nitrogen and oxygen atoms in total. The Morgan fingerprint density at radius 2 is 1.72 bits per heavy atom. The number of rotatable bonds is 7. The topological polar surface area (TPSA) is 94.1 Å². The second-order valence-electron chi connectivity index (χ2n) is 9.35. The fourth-order valence-electron chi connectivity index (χ4n) is 4.98. The first-order valence-electron chi connectivity index (χ1n) is 12.2. The molecule has 36 heavy (non-hydrogen) atoms. The molecule has 3 atom stereocenters. The van der Waals surface area contributed by atoms with Crippen LogP contribution in [0, 0.1) is 0 Å². The van der Waals surface area contributed by atoms with Crippen LogP contribution in [0.3, 0.4) is 0 Å². The predicted octanol–water partition coefficient (Wildman–Crippen LogP) is 5.11. The Kier molecular flexibility index (Phi) is 7.38. The van der Waals surface area contributed by atoms with Gasteiger partial charge in [-0.15, -0.1) is 0 Å². The first-order valence-corrected chi connectivity index (χ1v) is 12.2. The van der Waals surface area contributed by atoms with E-state index in [1.807, 2.05) is 39.0 Å². The van der Waals surface area contributed by atoms with Crippen molar-refractivity contribution in [3.63, 3.8) is 0 Å². The fourth-order valence-corrected chi connectivity index (χ4v) is 4.98. The first-order chi connectivity index (χ1) is 17.3. The molecule has 0 amide bonds. The molecule has 2 aromatic rings. The Morgan fingerprint density at radius 1 is 1.06 bits per heavy atom. The number of esters is 1. The first kappa shape index (κ1) is 25.4. The number of aromatic hydroxyl groups is 1. The number of Topliss-reactive ketones (excluding diaryl/α,β-unsaturated/α-hetero) is 1. The Hall–Kier alpha value is -3.74. The maximum atomic E-state index is 13.7. The quantitative estimate of drug-likeness (QED) is 0.520. The minimum atomic E-state index is -0.572. The van der Waals surface area contributed by atoms with Crippen LogP contribution in [-0.2, 0) is 14.3 Å². The van der Waals surface area contributed by atoms with Crippen molar-refractivity contribution in [2.75, 3.05) is 14.2 Å². The number of allylic oxidation sites excluding steroid dienone is 3. The number of dihydropyridines is 1. The maximum Gasteiger partial charge on any atom is 0.337 e. The van der Waals surface area contributed by atoms with Crippen LogP contribution in [-0.4, -0.2) is 37.2 Å². The summed E-state index contributed by atoms with van der Waals surface area (Å²) in [5.41, 5.74) is 4.23. The number of phenols is 1. The van der Waals surface area contributed by atoms with E-state index in [0.717, 1.165) is 16.8 Å². The number of methoxy groups -OCH3 is 2. The molecule has 2 aliphatic rings. The van der Waals surface area contributed by atoms with Crippen molar-refractivity contribution in [2.24, 2.45) is 0 Å². The molecule has 2 aromatic carbocycles. The van der Waals surface area contributed by atoms with Gasteiger partial charge in [0, 0.05) is 29.3 Å². The molecule has 2 N–H and O–H groups in total. The number of phenolic OH excluding ortho intramolecular Hbond substituents is 1. The maximum absolute atomic E-state index is 13.7. The monoisotopic (exact) mass is 491 g/mol. The SMILES string of the molecule is CC[C@H](C)OC(=O)C1=C(C)NC2=C(C(=O)C[C@@H](c3ccc(OC)c(OC)c3)C2)[C@@H]1c1ccc(O)cc1. The normalized spacial score (nSPS) is 20.4. The van der Waals surface area contributed by atoms with Gasteiger partial charge in [-0.25, -0.2) is 4.79 Å². The number of benzene rings is 2. The number of hydrogen-bond donors (Lipinski definition) is 2. The lowest BCUT2D eigenvalue weighted by atomic mass is 9.71. The molecular weight excluding hydrogens is 458 g/mol. The van der Waals surface area contributed by atoms with Crippen LogP contribution < -0.4 is 14.8 Å². The van der Waals surface area contributed by atoms with Crippen LogP contribution in [0.25, 0.3) is 0 Å². The van der Waals surface area contributed by atoms with Crippen LogP contribution in [0.4, 0.5) is 0 Å². The Labute approximate surface area is 211 Å². The summed E-state index contributed by atoms with van der Waals surface area (Å²) in [5, 5.41) is 13.2. The molecule has 0 unspecified atom stereocenters. The van der Waals surface area contributed by atoms with E-state index in [2.05, 4.69) is 5.32 Å². The lowest BCUT2D eigenvalue weighted by molar-refractivity contribution is -0.144. The van der Waals surface area contributed by atoms with Crippen LogP contribution in [0.1, 0.15) is 63.0 Å². The van der Waals surface area contributed by atoms with Gasteiger partial charge in [0.25, 0.3) is 0 Å². The summed E-state index contributed by atoms with van der Waals surface area (Å²) in [6, 6.07) is 12.4. The number of ether oxygens (including phenoxy) is 3. The van der Waals surface area contributed by atoms with E-state index in [0.29, 0.717) is 47.6 Å². The zero-order valence-corrected chi connectivity index (χ0v) is 21.4. The highest BCUT2D eigenvalue weighted by Crippen LogP contribution is 2.46. The molecule has 1 aliphatic carbocycles. The average Bonchev–Trinajstić information content (AvgIpc) is 2.87. The van der Waals surface area contributed by atoms with E-state index in [4.69, 9.17) is 14.2 Å². The van der Waals surface area contributed by atoms with Crippen molar-refractivity contribution < 1.29 is 28.9 Å². The third-order valence-corrected chi connectivity index (χ3v) is 7.04. The Morgan fingerprint density at radius 3 is 2.36 bits per heavy atom. The van der Waals surface area contributed by atoms with Gasteiger partial charge in [-0.1, -0.05) is 25.1 Å². The van der Waals surface area contributed by atoms with Crippen LogP contribution in [0.5, 0.6) is 17.2 Å². The van der Waals surface area contributed by atoms with E-state index in [1.165, 1.54) is 0 Å². The van der Waals surface area contributed by atoms with E-state index in [9.17, 15) is 14.7 Å². The van der Waals surface area contributed by atoms with Gasteiger partial charge in [0.15, 0.2) is 17.3 Å². The summed E-state index contributed by atoms with van der Waals surface area (Å²) >= 11 is 0. The molecule has 190 valence electrons. The Bertz CT molecular complexity index is 1230. The van der Waals surface area contributed by atoms with Gasteiger partial charge in [-0.3, -0.25) is 4.79 Å². The molecule has 0 fully saturated rings. The highest BCUT2D eigenvalue weighted by atomic mass is 16.5. The molecule has 0 radical (unpaired) electrons. The molecule has 0 spiro atoms. The third-order valence-electron chi connectivity index (χ3n) is 7.04. The third kappa shape index (κ3) is 4.83. The van der Waals surface area contributed by atoms with Crippen molar-refractivity contribution in [2.45, 2.75) is 58.0 Å². The average molecular weight is 492 g/mol. The highest BCUT2D eigenvalue weighted by Gasteiger charge is 2.41. The van der Waals surface area contributed by atoms with Crippen molar-refractivity contribution in [3.8, 4) is 17.2 Å². The lowest BCUT2D eigenvalue weighted by Gasteiger charge is -2.37. The predicted molar refractivity (Wildman–Crippen MR) is 136 cm³/mol. The van der Waals surface area contributed by atoms with Gasteiger partial charge in [0.1, 0.15) is 5.75 Å². The number of nitrogens with one attached hydrogen (secondary N) is 1. The minimum Gasteiger partial charge on any atom is -0.508 e. The molecule has 0 saturated carbocycles. The molecule has 0 aromatic heterocycles. The van der Waals surface area contributed by atoms with E-state index >= 15 is 0 Å². The van der Waals surface area contributed by atoms with E-state index < -0.39 is 11.9 Å². The molecular formula is C29H33NO6. The second-order valence-corrected chi connectivity index (χ2v) is 9.35. The zero-order valence-electron chi connectivity index (χ0n) is 21.4. The van der Waals surface area contributed by atoms with Gasteiger partial charge in [0.05, 0.1) is 25.9 Å². The van der Waals surface area contributed by atoms with Crippen molar-refractivity contribution in [1.82, 2.24) is 5.32 Å².